The molecule has 2 aromatic carbocycles. The van der Waals surface area contributed by atoms with Crippen LogP contribution in [0.5, 0.6) is 5.75 Å². The minimum absolute atomic E-state index is 0.0110. The first-order chi connectivity index (χ1) is 10.2. The summed E-state index contributed by atoms with van der Waals surface area (Å²) in [5.74, 6) is 0.854. The minimum Gasteiger partial charge on any atom is -0.496 e. The van der Waals surface area contributed by atoms with E-state index < -0.39 is 0 Å². The summed E-state index contributed by atoms with van der Waals surface area (Å²) >= 11 is 6.10. The number of hydrogen-bond donors (Lipinski definition) is 1. The normalized spacial score (nSPS) is 11.0. The maximum atomic E-state index is 9.51. The Hall–Kier alpha value is -1.97. The molecule has 3 rings (SSSR count). The fourth-order valence-corrected chi connectivity index (χ4v) is 2.78. The topological polar surface area (TPSA) is 34.4 Å². The summed E-state index contributed by atoms with van der Waals surface area (Å²) in [7, 11) is 1.67. The van der Waals surface area contributed by atoms with Gasteiger partial charge >= 0.3 is 0 Å². The van der Waals surface area contributed by atoms with Crippen molar-refractivity contribution in [1.82, 2.24) is 4.57 Å². The monoisotopic (exact) mass is 301 g/mol. The van der Waals surface area contributed by atoms with E-state index in [-0.39, 0.29) is 6.61 Å². The third kappa shape index (κ3) is 2.62. The average Bonchev–Trinajstić information content (AvgIpc) is 2.85. The van der Waals surface area contributed by atoms with Gasteiger partial charge in [-0.25, -0.2) is 0 Å². The van der Waals surface area contributed by atoms with Gasteiger partial charge in [0.15, 0.2) is 0 Å². The first-order valence-corrected chi connectivity index (χ1v) is 7.10. The van der Waals surface area contributed by atoms with E-state index in [0.29, 0.717) is 11.6 Å². The molecule has 1 N–H and O–H groups in total. The summed E-state index contributed by atoms with van der Waals surface area (Å²) in [5.41, 5.74) is 3.00. The molecule has 0 spiro atoms. The zero-order valence-electron chi connectivity index (χ0n) is 11.7. The lowest BCUT2D eigenvalue weighted by molar-refractivity contribution is 0.283. The van der Waals surface area contributed by atoms with Crippen molar-refractivity contribution in [2.45, 2.75) is 13.2 Å². The fourth-order valence-electron chi connectivity index (χ4n) is 2.62. The molecule has 3 aromatic rings. The van der Waals surface area contributed by atoms with Crippen LogP contribution in [0.2, 0.25) is 5.02 Å². The number of para-hydroxylation sites is 1. The zero-order valence-corrected chi connectivity index (χ0v) is 12.5. The van der Waals surface area contributed by atoms with Crippen LogP contribution in [0.1, 0.15) is 11.1 Å². The molecular weight excluding hydrogens is 286 g/mol. The predicted molar refractivity (Wildman–Crippen MR) is 85.0 cm³/mol. The van der Waals surface area contributed by atoms with E-state index in [2.05, 4.69) is 4.57 Å². The zero-order chi connectivity index (χ0) is 14.8. The molecule has 0 aliphatic rings. The van der Waals surface area contributed by atoms with Crippen LogP contribution in [0.3, 0.4) is 0 Å². The highest BCUT2D eigenvalue weighted by Gasteiger charge is 2.10. The van der Waals surface area contributed by atoms with Gasteiger partial charge < -0.3 is 14.4 Å². The number of aromatic nitrogens is 1. The van der Waals surface area contributed by atoms with E-state index in [1.165, 1.54) is 0 Å². The predicted octanol–water partition coefficient (Wildman–Crippen LogP) is 3.84. The molecule has 1 aromatic heterocycles. The third-order valence-corrected chi connectivity index (χ3v) is 3.87. The molecule has 0 unspecified atom stereocenters. The van der Waals surface area contributed by atoms with Gasteiger partial charge in [0.2, 0.25) is 0 Å². The number of aliphatic hydroxyl groups excluding tert-OH is 1. The second kappa shape index (κ2) is 5.80. The van der Waals surface area contributed by atoms with Crippen molar-refractivity contribution < 1.29 is 9.84 Å². The molecule has 0 amide bonds. The number of fused-ring (bicyclic) bond motifs is 1. The number of nitrogens with zero attached hydrogens (tertiary/aromatic N) is 1. The van der Waals surface area contributed by atoms with Gasteiger partial charge in [-0.15, -0.1) is 0 Å². The van der Waals surface area contributed by atoms with E-state index in [0.717, 1.165) is 27.8 Å². The number of methoxy groups -OCH3 is 1. The Bertz CT molecular complexity index is 780. The Morgan fingerprint density at radius 2 is 1.95 bits per heavy atom. The smallest absolute Gasteiger partial charge is 0.123 e. The van der Waals surface area contributed by atoms with Gasteiger partial charge in [0.1, 0.15) is 5.75 Å². The summed E-state index contributed by atoms with van der Waals surface area (Å²) in [6.07, 6.45) is 1.97. The Morgan fingerprint density at radius 1 is 1.14 bits per heavy atom. The summed E-state index contributed by atoms with van der Waals surface area (Å²) in [6.45, 7) is 0.678. The molecule has 4 heteroatoms. The first-order valence-electron chi connectivity index (χ1n) is 6.73. The Morgan fingerprint density at radius 3 is 2.71 bits per heavy atom. The molecule has 21 heavy (non-hydrogen) atoms. The van der Waals surface area contributed by atoms with Crippen molar-refractivity contribution in [3.05, 3.63) is 64.8 Å². The lowest BCUT2D eigenvalue weighted by Crippen LogP contribution is -2.00. The Kier molecular flexibility index (Phi) is 3.86. The second-order valence-corrected chi connectivity index (χ2v) is 5.35. The van der Waals surface area contributed by atoms with Crippen LogP contribution in [-0.2, 0) is 13.2 Å². The van der Waals surface area contributed by atoms with Gasteiger partial charge in [0.25, 0.3) is 0 Å². The van der Waals surface area contributed by atoms with Crippen LogP contribution in [0.25, 0.3) is 10.9 Å². The van der Waals surface area contributed by atoms with E-state index in [1.807, 2.05) is 48.7 Å². The molecule has 0 atom stereocenters. The van der Waals surface area contributed by atoms with Gasteiger partial charge in [-0.3, -0.25) is 0 Å². The van der Waals surface area contributed by atoms with Gasteiger partial charge in [-0.2, -0.15) is 0 Å². The molecule has 0 bridgehead atoms. The number of hydrogen-bond acceptors (Lipinski definition) is 2. The van der Waals surface area contributed by atoms with E-state index in [1.54, 1.807) is 7.11 Å². The molecule has 108 valence electrons. The number of ether oxygens (including phenoxy) is 1. The molecule has 0 aliphatic carbocycles. The van der Waals surface area contributed by atoms with Crippen LogP contribution in [0.15, 0.2) is 48.7 Å². The number of aliphatic hydroxyl groups is 1. The molecule has 0 saturated heterocycles. The van der Waals surface area contributed by atoms with Crippen LogP contribution in [0.4, 0.5) is 0 Å². The summed E-state index contributed by atoms with van der Waals surface area (Å²) < 4.78 is 7.49. The molecule has 0 saturated carbocycles. The third-order valence-electron chi connectivity index (χ3n) is 3.63. The van der Waals surface area contributed by atoms with Crippen molar-refractivity contribution in [2.75, 3.05) is 7.11 Å². The number of rotatable bonds is 4. The maximum absolute atomic E-state index is 9.51. The van der Waals surface area contributed by atoms with Crippen molar-refractivity contribution >= 4 is 22.5 Å². The van der Waals surface area contributed by atoms with E-state index in [9.17, 15) is 5.11 Å². The standard InChI is InChI=1S/C17H16ClNO2/c1-21-17-5-3-2-4-12(17)9-19-10-13(11-20)15-7-6-14(18)8-16(15)19/h2-8,10,20H,9,11H2,1H3. The van der Waals surface area contributed by atoms with Crippen LogP contribution >= 0.6 is 11.6 Å². The van der Waals surface area contributed by atoms with Gasteiger partial charge in [0, 0.05) is 27.7 Å². The molecule has 1 heterocycles. The molecular formula is C17H16ClNO2. The number of halogens is 1. The van der Waals surface area contributed by atoms with Gasteiger partial charge in [-0.1, -0.05) is 35.9 Å². The molecule has 0 radical (unpaired) electrons. The first kappa shape index (κ1) is 14.0. The maximum Gasteiger partial charge on any atom is 0.123 e. The van der Waals surface area contributed by atoms with Crippen LogP contribution < -0.4 is 4.74 Å². The number of benzene rings is 2. The van der Waals surface area contributed by atoms with Crippen molar-refractivity contribution in [1.29, 1.82) is 0 Å². The quantitative estimate of drug-likeness (QED) is 0.794. The summed E-state index contributed by atoms with van der Waals surface area (Å²) in [4.78, 5) is 0. The Balaban J connectivity index is 2.10. The average molecular weight is 302 g/mol. The highest BCUT2D eigenvalue weighted by atomic mass is 35.5. The second-order valence-electron chi connectivity index (χ2n) is 4.91. The van der Waals surface area contributed by atoms with E-state index >= 15 is 0 Å². The largest absolute Gasteiger partial charge is 0.496 e. The van der Waals surface area contributed by atoms with Gasteiger partial charge in [-0.05, 0) is 18.2 Å². The Labute approximate surface area is 128 Å². The lowest BCUT2D eigenvalue weighted by Gasteiger charge is -2.10. The van der Waals surface area contributed by atoms with Crippen LogP contribution in [0, 0.1) is 0 Å². The van der Waals surface area contributed by atoms with Gasteiger partial charge in [0.05, 0.1) is 25.8 Å². The van der Waals surface area contributed by atoms with Crippen LogP contribution in [-0.4, -0.2) is 16.8 Å². The fraction of sp³-hybridized carbons (Fsp3) is 0.176. The molecule has 0 fully saturated rings. The summed E-state index contributed by atoms with van der Waals surface area (Å²) in [5, 5.41) is 11.2. The van der Waals surface area contributed by atoms with E-state index in [4.69, 9.17) is 16.3 Å². The highest BCUT2D eigenvalue weighted by Crippen LogP contribution is 2.27. The SMILES string of the molecule is COc1ccccc1Cn1cc(CO)c2ccc(Cl)cc21. The van der Waals surface area contributed by atoms with Crippen molar-refractivity contribution in [3.63, 3.8) is 0 Å². The molecule has 0 aliphatic heterocycles. The summed E-state index contributed by atoms with van der Waals surface area (Å²) in [6, 6.07) is 13.6. The molecule has 3 nitrogen and oxygen atoms in total. The minimum atomic E-state index is 0.0110. The van der Waals surface area contributed by atoms with Crippen molar-refractivity contribution in [2.24, 2.45) is 0 Å². The lowest BCUT2D eigenvalue weighted by atomic mass is 10.2. The van der Waals surface area contributed by atoms with Crippen molar-refractivity contribution in [3.8, 4) is 5.75 Å². The highest BCUT2D eigenvalue weighted by molar-refractivity contribution is 6.31.